The van der Waals surface area contributed by atoms with Crippen LogP contribution >= 0.6 is 11.6 Å². The highest BCUT2D eigenvalue weighted by Crippen LogP contribution is 2.38. The van der Waals surface area contributed by atoms with Gasteiger partial charge in [0.05, 0.1) is 6.07 Å². The first-order valence-electron chi connectivity index (χ1n) is 8.23. The van der Waals surface area contributed by atoms with Crippen molar-refractivity contribution in [3.05, 3.63) is 41.4 Å². The van der Waals surface area contributed by atoms with E-state index in [1.54, 1.807) is 38.1 Å². The summed E-state index contributed by atoms with van der Waals surface area (Å²) in [5.74, 6) is -0.491. The van der Waals surface area contributed by atoms with Crippen LogP contribution in [0.5, 0.6) is 0 Å². The molecular formula is C18H16ClN5O3. The second kappa shape index (κ2) is 7.60. The minimum Gasteiger partial charge on any atom is -0.443 e. The quantitative estimate of drug-likeness (QED) is 0.863. The molecule has 0 bridgehead atoms. The number of amides is 4. The van der Waals surface area contributed by atoms with Crippen molar-refractivity contribution >= 4 is 29.4 Å². The monoisotopic (exact) mass is 385 g/mol. The molecule has 1 N–H and O–H groups in total. The van der Waals surface area contributed by atoms with E-state index in [0.717, 1.165) is 4.90 Å². The first kappa shape index (κ1) is 18.6. The summed E-state index contributed by atoms with van der Waals surface area (Å²) in [5, 5.41) is 12.8. The molecule has 2 atom stereocenters. The van der Waals surface area contributed by atoms with E-state index in [4.69, 9.17) is 16.0 Å². The first-order valence-corrected chi connectivity index (χ1v) is 8.60. The number of aliphatic imine (C=N–C) groups is 1. The fraction of sp³-hybridized carbons (Fsp3) is 0.278. The molecule has 3 rings (SSSR count). The average molecular weight is 386 g/mol. The second-order valence-electron chi connectivity index (χ2n) is 5.87. The summed E-state index contributed by atoms with van der Waals surface area (Å²) in [6, 6.07) is 6.60. The third-order valence-electron chi connectivity index (χ3n) is 4.19. The highest BCUT2D eigenvalue weighted by Gasteiger charge is 2.44. The van der Waals surface area contributed by atoms with Gasteiger partial charge in [-0.1, -0.05) is 11.6 Å². The summed E-state index contributed by atoms with van der Waals surface area (Å²) >= 11 is 5.93. The first-order chi connectivity index (χ1) is 13.0. The van der Waals surface area contributed by atoms with Crippen LogP contribution < -0.4 is 5.32 Å². The predicted molar refractivity (Wildman–Crippen MR) is 98.2 cm³/mol. The normalized spacial score (nSPS) is 19.4. The SMILES string of the molecule is CCNC(=O)N1C(=O)N=C(C)C(C#N)C1c1ncoc1-c1ccc(Cl)cc1. The third-order valence-corrected chi connectivity index (χ3v) is 4.44. The van der Waals surface area contributed by atoms with Crippen LogP contribution in [-0.2, 0) is 0 Å². The van der Waals surface area contributed by atoms with Crippen LogP contribution in [-0.4, -0.2) is 34.2 Å². The highest BCUT2D eigenvalue weighted by atomic mass is 35.5. The molecule has 0 fully saturated rings. The zero-order chi connectivity index (χ0) is 19.6. The van der Waals surface area contributed by atoms with E-state index in [1.807, 2.05) is 0 Å². The summed E-state index contributed by atoms with van der Waals surface area (Å²) in [7, 11) is 0. The smallest absolute Gasteiger partial charge is 0.352 e. The standard InChI is InChI=1S/C18H16ClN5O3/c1-3-21-17(25)24-15(13(8-20)10(2)23-18(24)26)14-16(27-9-22-14)11-4-6-12(19)7-5-11/h4-7,9,13,15H,3H2,1-2H3,(H,21,25). The van der Waals surface area contributed by atoms with Crippen LogP contribution in [0.3, 0.4) is 0 Å². The van der Waals surface area contributed by atoms with Crippen LogP contribution in [0.15, 0.2) is 40.1 Å². The van der Waals surface area contributed by atoms with E-state index in [9.17, 15) is 14.9 Å². The molecule has 1 aliphatic rings. The van der Waals surface area contributed by atoms with Crippen molar-refractivity contribution in [2.45, 2.75) is 19.9 Å². The van der Waals surface area contributed by atoms with Crippen LogP contribution in [0.2, 0.25) is 5.02 Å². The lowest BCUT2D eigenvalue weighted by Crippen LogP contribution is -2.50. The number of urea groups is 2. The van der Waals surface area contributed by atoms with Gasteiger partial charge < -0.3 is 9.73 Å². The van der Waals surface area contributed by atoms with Crippen molar-refractivity contribution in [1.82, 2.24) is 15.2 Å². The Bertz CT molecular complexity index is 945. The van der Waals surface area contributed by atoms with Crippen molar-refractivity contribution < 1.29 is 14.0 Å². The molecule has 2 heterocycles. The lowest BCUT2D eigenvalue weighted by atomic mass is 9.89. The van der Waals surface area contributed by atoms with Crippen molar-refractivity contribution in [3.63, 3.8) is 0 Å². The predicted octanol–water partition coefficient (Wildman–Crippen LogP) is 3.80. The van der Waals surface area contributed by atoms with E-state index in [-0.39, 0.29) is 0 Å². The molecule has 1 aliphatic heterocycles. The molecule has 1 aromatic carbocycles. The maximum Gasteiger partial charge on any atom is 0.352 e. The van der Waals surface area contributed by atoms with Crippen LogP contribution in [0.4, 0.5) is 9.59 Å². The van der Waals surface area contributed by atoms with Gasteiger partial charge >= 0.3 is 12.1 Å². The number of rotatable bonds is 3. The number of carbonyl (C=O) groups is 2. The molecule has 0 saturated heterocycles. The second-order valence-corrected chi connectivity index (χ2v) is 6.30. The van der Waals surface area contributed by atoms with Gasteiger partial charge in [-0.15, -0.1) is 0 Å². The number of nitrogens with one attached hydrogen (secondary N) is 1. The van der Waals surface area contributed by atoms with Gasteiger partial charge in [0, 0.05) is 22.8 Å². The molecule has 27 heavy (non-hydrogen) atoms. The molecule has 0 aliphatic carbocycles. The lowest BCUT2D eigenvalue weighted by Gasteiger charge is -2.34. The van der Waals surface area contributed by atoms with Gasteiger partial charge in [0.1, 0.15) is 17.7 Å². The fourth-order valence-corrected chi connectivity index (χ4v) is 3.07. The number of nitrogens with zero attached hydrogens (tertiary/aromatic N) is 4. The minimum absolute atomic E-state index is 0.303. The van der Waals surface area contributed by atoms with Crippen molar-refractivity contribution in [3.8, 4) is 17.4 Å². The number of hydrogen-bond donors (Lipinski definition) is 1. The molecule has 1 aromatic heterocycles. The molecule has 8 nitrogen and oxygen atoms in total. The Morgan fingerprint density at radius 1 is 1.41 bits per heavy atom. The van der Waals surface area contributed by atoms with Gasteiger partial charge in [0.15, 0.2) is 12.2 Å². The molecule has 0 saturated carbocycles. The summed E-state index contributed by atoms with van der Waals surface area (Å²) in [6.07, 6.45) is 1.22. The molecular weight excluding hydrogens is 370 g/mol. The maximum absolute atomic E-state index is 12.5. The molecule has 0 spiro atoms. The number of hydrogen-bond acceptors (Lipinski definition) is 5. The Morgan fingerprint density at radius 3 is 2.74 bits per heavy atom. The fourth-order valence-electron chi connectivity index (χ4n) is 2.95. The minimum atomic E-state index is -0.962. The summed E-state index contributed by atoms with van der Waals surface area (Å²) in [4.78, 5) is 34.0. The lowest BCUT2D eigenvalue weighted by molar-refractivity contribution is 0.166. The maximum atomic E-state index is 12.5. The number of halogens is 1. The van der Waals surface area contributed by atoms with E-state index in [1.165, 1.54) is 6.39 Å². The van der Waals surface area contributed by atoms with Crippen LogP contribution in [0.25, 0.3) is 11.3 Å². The zero-order valence-electron chi connectivity index (χ0n) is 14.6. The van der Waals surface area contributed by atoms with E-state index in [2.05, 4.69) is 21.4 Å². The number of nitriles is 1. The van der Waals surface area contributed by atoms with Crippen molar-refractivity contribution in [2.24, 2.45) is 10.9 Å². The molecule has 2 unspecified atom stereocenters. The van der Waals surface area contributed by atoms with Gasteiger partial charge in [-0.05, 0) is 38.1 Å². The summed E-state index contributed by atoms with van der Waals surface area (Å²) < 4.78 is 5.52. The average Bonchev–Trinajstić information content (AvgIpc) is 3.11. The van der Waals surface area contributed by atoms with Gasteiger partial charge in [0.25, 0.3) is 0 Å². The Kier molecular flexibility index (Phi) is 5.23. The Balaban J connectivity index is 2.14. The number of imide groups is 1. The van der Waals surface area contributed by atoms with E-state index in [0.29, 0.717) is 34.3 Å². The van der Waals surface area contributed by atoms with Crippen LogP contribution in [0.1, 0.15) is 25.6 Å². The number of oxazole rings is 1. The number of aromatic nitrogens is 1. The van der Waals surface area contributed by atoms with Crippen molar-refractivity contribution in [2.75, 3.05) is 6.54 Å². The van der Waals surface area contributed by atoms with E-state index >= 15 is 0 Å². The molecule has 138 valence electrons. The summed E-state index contributed by atoms with van der Waals surface area (Å²) in [5.41, 5.74) is 1.28. The molecule has 2 aromatic rings. The van der Waals surface area contributed by atoms with Gasteiger partial charge in [-0.3, -0.25) is 0 Å². The number of benzene rings is 1. The van der Waals surface area contributed by atoms with Crippen molar-refractivity contribution in [1.29, 1.82) is 5.26 Å². The largest absolute Gasteiger partial charge is 0.443 e. The summed E-state index contributed by atoms with van der Waals surface area (Å²) in [6.45, 7) is 3.63. The van der Waals surface area contributed by atoms with Crippen LogP contribution in [0, 0.1) is 17.2 Å². The Labute approximate surface area is 160 Å². The van der Waals surface area contributed by atoms with Gasteiger partial charge in [-0.2, -0.15) is 5.26 Å². The Hall–Kier alpha value is -3.18. The topological polar surface area (TPSA) is 112 Å². The highest BCUT2D eigenvalue weighted by molar-refractivity contribution is 6.30. The van der Waals surface area contributed by atoms with E-state index < -0.39 is 24.0 Å². The third kappa shape index (κ3) is 3.41. The Morgan fingerprint density at radius 2 is 2.11 bits per heavy atom. The molecule has 0 radical (unpaired) electrons. The zero-order valence-corrected chi connectivity index (χ0v) is 15.4. The molecule has 4 amide bonds. The number of carbonyl (C=O) groups excluding carboxylic acids is 2. The van der Waals surface area contributed by atoms with Gasteiger partial charge in [0.2, 0.25) is 0 Å². The molecule has 9 heteroatoms. The van der Waals surface area contributed by atoms with Gasteiger partial charge in [-0.25, -0.2) is 24.5 Å².